The van der Waals surface area contributed by atoms with E-state index in [1.165, 1.54) is 0 Å². The molecule has 0 unspecified atom stereocenters. The van der Waals surface area contributed by atoms with E-state index in [0.717, 1.165) is 5.56 Å². The van der Waals surface area contributed by atoms with Gasteiger partial charge in [0.15, 0.2) is 0 Å². The van der Waals surface area contributed by atoms with Crippen molar-refractivity contribution in [1.29, 1.82) is 0 Å². The van der Waals surface area contributed by atoms with E-state index >= 15 is 0 Å². The van der Waals surface area contributed by atoms with E-state index in [-0.39, 0.29) is 30.5 Å². The molecule has 8 nitrogen and oxygen atoms in total. The van der Waals surface area contributed by atoms with E-state index in [2.05, 4.69) is 20.6 Å². The summed E-state index contributed by atoms with van der Waals surface area (Å²) in [6.07, 6.45) is 0. The van der Waals surface area contributed by atoms with Crippen LogP contribution in [0.4, 0.5) is 5.69 Å². The lowest BCUT2D eigenvalue weighted by Crippen LogP contribution is -2.32. The van der Waals surface area contributed by atoms with Crippen molar-refractivity contribution < 1.29 is 9.59 Å². The Morgan fingerprint density at radius 3 is 2.47 bits per heavy atom. The molecule has 172 valence electrons. The van der Waals surface area contributed by atoms with Crippen molar-refractivity contribution >= 4 is 28.4 Å². The van der Waals surface area contributed by atoms with E-state index in [1.54, 1.807) is 54.4 Å². The standard InChI is InChI=1S/C26H25N5O3/c1-31(16-23-28-21-13-7-6-12-20(21)26(34)30-23)17-24(32)29-22-14-8-5-11-19(22)25(33)27-15-18-9-3-2-4-10-18/h2-14H,15-17H2,1H3,(H,27,33)(H,29,32)(H,28,30,34). The van der Waals surface area contributed by atoms with E-state index in [4.69, 9.17) is 0 Å². The first-order valence-corrected chi connectivity index (χ1v) is 10.9. The van der Waals surface area contributed by atoms with Crippen molar-refractivity contribution in [3.8, 4) is 0 Å². The van der Waals surface area contributed by atoms with Gasteiger partial charge in [-0.05, 0) is 36.9 Å². The molecule has 0 atom stereocenters. The Hall–Kier alpha value is -4.30. The number of hydrogen-bond acceptors (Lipinski definition) is 5. The summed E-state index contributed by atoms with van der Waals surface area (Å²) in [5.74, 6) is -0.0836. The van der Waals surface area contributed by atoms with Gasteiger partial charge in [0.1, 0.15) is 5.82 Å². The van der Waals surface area contributed by atoms with Crippen LogP contribution in [0.3, 0.4) is 0 Å². The first-order chi connectivity index (χ1) is 16.5. The van der Waals surface area contributed by atoms with E-state index in [0.29, 0.717) is 34.5 Å². The molecule has 34 heavy (non-hydrogen) atoms. The highest BCUT2D eigenvalue weighted by Gasteiger charge is 2.15. The Morgan fingerprint density at radius 2 is 1.65 bits per heavy atom. The second kappa shape index (κ2) is 10.5. The van der Waals surface area contributed by atoms with Gasteiger partial charge in [0, 0.05) is 6.54 Å². The normalized spacial score (nSPS) is 10.9. The number of carbonyl (C=O) groups is 2. The number of para-hydroxylation sites is 2. The van der Waals surface area contributed by atoms with Crippen molar-refractivity contribution in [2.45, 2.75) is 13.1 Å². The van der Waals surface area contributed by atoms with Crippen molar-refractivity contribution in [3.63, 3.8) is 0 Å². The number of hydrogen-bond donors (Lipinski definition) is 3. The topological polar surface area (TPSA) is 107 Å². The maximum absolute atomic E-state index is 12.7. The van der Waals surface area contributed by atoms with Crippen molar-refractivity contribution in [1.82, 2.24) is 20.2 Å². The highest BCUT2D eigenvalue weighted by molar-refractivity contribution is 6.04. The third-order valence-electron chi connectivity index (χ3n) is 5.24. The minimum atomic E-state index is -0.283. The molecule has 3 N–H and O–H groups in total. The van der Waals surface area contributed by atoms with Gasteiger partial charge in [-0.2, -0.15) is 0 Å². The van der Waals surface area contributed by atoms with E-state index in [1.807, 2.05) is 36.4 Å². The van der Waals surface area contributed by atoms with E-state index in [9.17, 15) is 14.4 Å². The van der Waals surface area contributed by atoms with Crippen molar-refractivity contribution in [3.05, 3.63) is 106 Å². The molecule has 0 saturated carbocycles. The van der Waals surface area contributed by atoms with Crippen LogP contribution in [-0.2, 0) is 17.9 Å². The van der Waals surface area contributed by atoms with Crippen LogP contribution in [0.15, 0.2) is 83.7 Å². The number of aromatic amines is 1. The third-order valence-corrected chi connectivity index (χ3v) is 5.24. The molecule has 4 rings (SSSR count). The molecule has 0 spiro atoms. The molecule has 3 aromatic carbocycles. The number of rotatable bonds is 8. The average molecular weight is 456 g/mol. The van der Waals surface area contributed by atoms with Crippen LogP contribution in [0.1, 0.15) is 21.7 Å². The molecule has 2 amide bonds. The van der Waals surface area contributed by atoms with Gasteiger partial charge in [-0.3, -0.25) is 19.3 Å². The number of benzene rings is 3. The molecule has 0 bridgehead atoms. The van der Waals surface area contributed by atoms with Gasteiger partial charge < -0.3 is 15.6 Å². The van der Waals surface area contributed by atoms with Gasteiger partial charge in [0.25, 0.3) is 11.5 Å². The SMILES string of the molecule is CN(CC(=O)Nc1ccccc1C(=O)NCc1ccccc1)Cc1nc2ccccc2c(=O)[nH]1. The Balaban J connectivity index is 1.37. The Bertz CT molecular complexity index is 1370. The summed E-state index contributed by atoms with van der Waals surface area (Å²) in [4.78, 5) is 46.6. The predicted octanol–water partition coefficient (Wildman–Crippen LogP) is 2.92. The summed E-state index contributed by atoms with van der Waals surface area (Å²) >= 11 is 0. The van der Waals surface area contributed by atoms with Crippen LogP contribution >= 0.6 is 0 Å². The smallest absolute Gasteiger partial charge is 0.258 e. The highest BCUT2D eigenvalue weighted by atomic mass is 16.2. The zero-order valence-electron chi connectivity index (χ0n) is 18.7. The monoisotopic (exact) mass is 455 g/mol. The van der Waals surface area contributed by atoms with E-state index < -0.39 is 0 Å². The summed E-state index contributed by atoms with van der Waals surface area (Å²) < 4.78 is 0. The Labute approximate surface area is 196 Å². The second-order valence-corrected chi connectivity index (χ2v) is 7.96. The van der Waals surface area contributed by atoms with Crippen LogP contribution in [0.2, 0.25) is 0 Å². The molecule has 0 aliphatic heterocycles. The number of amides is 2. The van der Waals surface area contributed by atoms with Crippen LogP contribution in [0.5, 0.6) is 0 Å². The van der Waals surface area contributed by atoms with Crippen LogP contribution in [-0.4, -0.2) is 40.3 Å². The molecule has 0 fully saturated rings. The van der Waals surface area contributed by atoms with Gasteiger partial charge in [-0.25, -0.2) is 4.98 Å². The number of fused-ring (bicyclic) bond motifs is 1. The summed E-state index contributed by atoms with van der Waals surface area (Å²) in [6, 6.07) is 23.6. The fourth-order valence-corrected chi connectivity index (χ4v) is 3.62. The maximum atomic E-state index is 12.7. The molecule has 0 saturated heterocycles. The lowest BCUT2D eigenvalue weighted by atomic mass is 10.1. The number of nitrogens with one attached hydrogen (secondary N) is 3. The fraction of sp³-hybridized carbons (Fsp3) is 0.154. The summed E-state index contributed by atoms with van der Waals surface area (Å²) in [5.41, 5.74) is 2.20. The fourth-order valence-electron chi connectivity index (χ4n) is 3.62. The first kappa shape index (κ1) is 22.9. The largest absolute Gasteiger partial charge is 0.348 e. The second-order valence-electron chi connectivity index (χ2n) is 7.96. The number of nitrogens with zero attached hydrogens (tertiary/aromatic N) is 2. The number of anilines is 1. The third kappa shape index (κ3) is 5.73. The molecule has 0 radical (unpaired) electrons. The molecule has 8 heteroatoms. The average Bonchev–Trinajstić information content (AvgIpc) is 2.83. The molecule has 0 aliphatic carbocycles. The maximum Gasteiger partial charge on any atom is 0.258 e. The van der Waals surface area contributed by atoms with Crippen LogP contribution < -0.4 is 16.2 Å². The lowest BCUT2D eigenvalue weighted by molar-refractivity contribution is -0.117. The summed E-state index contributed by atoms with van der Waals surface area (Å²) in [5, 5.41) is 6.22. The predicted molar refractivity (Wildman–Crippen MR) is 131 cm³/mol. The van der Waals surface area contributed by atoms with Crippen LogP contribution in [0.25, 0.3) is 10.9 Å². The summed E-state index contributed by atoms with van der Waals surface area (Å²) in [6.45, 7) is 0.727. The number of H-pyrrole nitrogens is 1. The molecule has 4 aromatic rings. The van der Waals surface area contributed by atoms with Gasteiger partial charge in [-0.15, -0.1) is 0 Å². The minimum Gasteiger partial charge on any atom is -0.348 e. The van der Waals surface area contributed by atoms with Gasteiger partial charge in [0.2, 0.25) is 5.91 Å². The minimum absolute atomic E-state index is 0.0521. The zero-order chi connectivity index (χ0) is 23.9. The molecule has 0 aliphatic rings. The molecular weight excluding hydrogens is 430 g/mol. The highest BCUT2D eigenvalue weighted by Crippen LogP contribution is 2.15. The number of aromatic nitrogens is 2. The number of carbonyl (C=O) groups excluding carboxylic acids is 2. The Morgan fingerprint density at radius 1 is 0.941 bits per heavy atom. The quantitative estimate of drug-likeness (QED) is 0.379. The van der Waals surface area contributed by atoms with Gasteiger partial charge in [-0.1, -0.05) is 54.6 Å². The van der Waals surface area contributed by atoms with Crippen molar-refractivity contribution in [2.24, 2.45) is 0 Å². The van der Waals surface area contributed by atoms with Gasteiger partial charge >= 0.3 is 0 Å². The molecule has 1 aromatic heterocycles. The first-order valence-electron chi connectivity index (χ1n) is 10.9. The number of likely N-dealkylation sites (N-methyl/N-ethyl adjacent to an activating group) is 1. The molecular formula is C26H25N5O3. The molecule has 1 heterocycles. The summed E-state index contributed by atoms with van der Waals surface area (Å²) in [7, 11) is 1.76. The lowest BCUT2D eigenvalue weighted by Gasteiger charge is -2.17. The van der Waals surface area contributed by atoms with Crippen LogP contribution in [0, 0.1) is 0 Å². The van der Waals surface area contributed by atoms with Crippen molar-refractivity contribution in [2.75, 3.05) is 18.9 Å². The Kier molecular flexibility index (Phi) is 7.10. The zero-order valence-corrected chi connectivity index (χ0v) is 18.7. The van der Waals surface area contributed by atoms with Gasteiger partial charge in [0.05, 0.1) is 35.2 Å².